The van der Waals surface area contributed by atoms with Gasteiger partial charge in [0.2, 0.25) is 0 Å². The number of amides is 2. The molecular formula is C22H21BrN2O4S. The maximum atomic E-state index is 12.6. The molecule has 0 aliphatic carbocycles. The maximum absolute atomic E-state index is 12.6. The minimum Gasteiger partial charge on any atom is -0.490 e. The van der Waals surface area contributed by atoms with Gasteiger partial charge in [0.15, 0.2) is 16.6 Å². The molecule has 0 unspecified atom stereocenters. The van der Waals surface area contributed by atoms with Gasteiger partial charge in [-0.05, 0) is 48.5 Å². The van der Waals surface area contributed by atoms with Crippen molar-refractivity contribution in [2.24, 2.45) is 0 Å². The highest BCUT2D eigenvalue weighted by molar-refractivity contribution is 9.10. The summed E-state index contributed by atoms with van der Waals surface area (Å²) < 4.78 is 12.4. The standard InChI is InChI=1S/C22H21BrN2O4S/c1-4-28-18-11-15(10-16-20(26)24(2)22(30)25(3)21(16)27)17(23)12-19(18)29-13-14-8-6-5-7-9-14/h5-12H,4,13H2,1-3H3. The van der Waals surface area contributed by atoms with Crippen molar-refractivity contribution < 1.29 is 19.1 Å². The third-order valence-electron chi connectivity index (χ3n) is 4.54. The lowest BCUT2D eigenvalue weighted by atomic mass is 10.1. The SMILES string of the molecule is CCOc1cc(C=C2C(=O)N(C)C(=S)N(C)C2=O)c(Br)cc1OCc1ccccc1. The van der Waals surface area contributed by atoms with Crippen LogP contribution in [0.25, 0.3) is 6.08 Å². The number of halogens is 1. The van der Waals surface area contributed by atoms with Crippen molar-refractivity contribution >= 4 is 51.2 Å². The Morgan fingerprint density at radius 1 is 1.00 bits per heavy atom. The summed E-state index contributed by atoms with van der Waals surface area (Å²) in [7, 11) is 3.09. The van der Waals surface area contributed by atoms with Crippen LogP contribution in [-0.2, 0) is 16.2 Å². The number of nitrogens with zero attached hydrogens (tertiary/aromatic N) is 2. The van der Waals surface area contributed by atoms with E-state index in [2.05, 4.69) is 15.9 Å². The number of ether oxygens (including phenoxy) is 2. The molecule has 2 amide bonds. The first-order valence-electron chi connectivity index (χ1n) is 9.28. The molecule has 156 valence electrons. The molecule has 0 radical (unpaired) electrons. The summed E-state index contributed by atoms with van der Waals surface area (Å²) in [5, 5.41) is 0.167. The van der Waals surface area contributed by atoms with E-state index in [1.165, 1.54) is 15.9 Å². The Balaban J connectivity index is 1.95. The zero-order valence-electron chi connectivity index (χ0n) is 16.8. The summed E-state index contributed by atoms with van der Waals surface area (Å²) in [6.07, 6.45) is 1.53. The van der Waals surface area contributed by atoms with Crippen molar-refractivity contribution in [1.82, 2.24) is 9.80 Å². The molecule has 1 aliphatic heterocycles. The Hall–Kier alpha value is -2.71. The molecule has 2 aromatic carbocycles. The van der Waals surface area contributed by atoms with E-state index in [-0.39, 0.29) is 10.7 Å². The quantitative estimate of drug-likeness (QED) is 0.349. The van der Waals surface area contributed by atoms with Crippen molar-refractivity contribution in [3.63, 3.8) is 0 Å². The van der Waals surface area contributed by atoms with E-state index in [0.717, 1.165) is 5.56 Å². The second-order valence-corrected chi connectivity index (χ2v) is 7.82. The van der Waals surface area contributed by atoms with Gasteiger partial charge in [-0.25, -0.2) is 0 Å². The fourth-order valence-corrected chi connectivity index (χ4v) is 3.51. The summed E-state index contributed by atoms with van der Waals surface area (Å²) in [5.41, 5.74) is 1.68. The number of hydrogen-bond acceptors (Lipinski definition) is 5. The summed E-state index contributed by atoms with van der Waals surface area (Å²) in [6, 6.07) is 13.3. The van der Waals surface area contributed by atoms with Crippen LogP contribution in [0.5, 0.6) is 11.5 Å². The molecule has 30 heavy (non-hydrogen) atoms. The van der Waals surface area contributed by atoms with Crippen LogP contribution in [-0.4, -0.2) is 47.4 Å². The van der Waals surface area contributed by atoms with Crippen molar-refractivity contribution in [2.75, 3.05) is 20.7 Å². The van der Waals surface area contributed by atoms with E-state index in [0.29, 0.717) is 34.7 Å². The van der Waals surface area contributed by atoms with Gasteiger partial charge in [0.05, 0.1) is 6.61 Å². The van der Waals surface area contributed by atoms with Crippen LogP contribution in [0.15, 0.2) is 52.5 Å². The van der Waals surface area contributed by atoms with Crippen LogP contribution in [0, 0.1) is 0 Å². The van der Waals surface area contributed by atoms with E-state index in [1.54, 1.807) is 26.2 Å². The molecule has 1 saturated heterocycles. The highest BCUT2D eigenvalue weighted by atomic mass is 79.9. The lowest BCUT2D eigenvalue weighted by Gasteiger charge is -2.31. The average molecular weight is 489 g/mol. The zero-order valence-corrected chi connectivity index (χ0v) is 19.2. The van der Waals surface area contributed by atoms with E-state index < -0.39 is 11.8 Å². The molecule has 0 saturated carbocycles. The van der Waals surface area contributed by atoms with Crippen molar-refractivity contribution in [1.29, 1.82) is 0 Å². The summed E-state index contributed by atoms with van der Waals surface area (Å²) in [6.45, 7) is 2.70. The molecule has 0 spiro atoms. The van der Waals surface area contributed by atoms with Crippen LogP contribution in [0.3, 0.4) is 0 Å². The van der Waals surface area contributed by atoms with Crippen molar-refractivity contribution in [3.8, 4) is 11.5 Å². The number of thiocarbonyl (C=S) groups is 1. The van der Waals surface area contributed by atoms with Crippen LogP contribution in [0.2, 0.25) is 0 Å². The molecule has 1 fully saturated rings. The molecule has 3 rings (SSSR count). The predicted molar refractivity (Wildman–Crippen MR) is 122 cm³/mol. The van der Waals surface area contributed by atoms with Gasteiger partial charge in [0, 0.05) is 18.6 Å². The van der Waals surface area contributed by atoms with Gasteiger partial charge in [0.1, 0.15) is 12.2 Å². The van der Waals surface area contributed by atoms with Gasteiger partial charge < -0.3 is 9.47 Å². The Morgan fingerprint density at radius 2 is 1.60 bits per heavy atom. The monoisotopic (exact) mass is 488 g/mol. The third-order valence-corrected chi connectivity index (χ3v) is 5.78. The first kappa shape index (κ1) is 22.0. The first-order valence-corrected chi connectivity index (χ1v) is 10.5. The van der Waals surface area contributed by atoms with E-state index in [9.17, 15) is 9.59 Å². The second-order valence-electron chi connectivity index (χ2n) is 6.60. The number of benzene rings is 2. The fraction of sp³-hybridized carbons (Fsp3) is 0.227. The smallest absolute Gasteiger partial charge is 0.265 e. The largest absolute Gasteiger partial charge is 0.490 e. The molecule has 6 nitrogen and oxygen atoms in total. The number of carbonyl (C=O) groups is 2. The highest BCUT2D eigenvalue weighted by Gasteiger charge is 2.35. The van der Waals surface area contributed by atoms with Gasteiger partial charge >= 0.3 is 0 Å². The Kier molecular flexibility index (Phi) is 6.89. The van der Waals surface area contributed by atoms with Gasteiger partial charge in [-0.1, -0.05) is 46.3 Å². The van der Waals surface area contributed by atoms with E-state index in [1.807, 2.05) is 37.3 Å². The minimum absolute atomic E-state index is 0.0229. The summed E-state index contributed by atoms with van der Waals surface area (Å²) in [5.74, 6) is 0.192. The van der Waals surface area contributed by atoms with Crippen LogP contribution in [0.1, 0.15) is 18.1 Å². The van der Waals surface area contributed by atoms with Crippen molar-refractivity contribution in [3.05, 3.63) is 63.6 Å². The molecule has 0 N–H and O–H groups in total. The number of carbonyl (C=O) groups excluding carboxylic acids is 2. The normalized spacial score (nSPS) is 14.3. The van der Waals surface area contributed by atoms with Crippen LogP contribution < -0.4 is 9.47 Å². The molecule has 2 aromatic rings. The number of likely N-dealkylation sites (N-methyl/N-ethyl adjacent to an activating group) is 2. The van der Waals surface area contributed by atoms with Gasteiger partial charge in [-0.2, -0.15) is 0 Å². The van der Waals surface area contributed by atoms with Gasteiger partial charge in [0.25, 0.3) is 11.8 Å². The topological polar surface area (TPSA) is 59.1 Å². The molecule has 1 heterocycles. The molecule has 0 atom stereocenters. The highest BCUT2D eigenvalue weighted by Crippen LogP contribution is 2.36. The number of hydrogen-bond donors (Lipinski definition) is 0. The molecular weight excluding hydrogens is 468 g/mol. The van der Waals surface area contributed by atoms with Gasteiger partial charge in [-0.15, -0.1) is 0 Å². The average Bonchev–Trinajstić information content (AvgIpc) is 2.75. The Labute approximate surface area is 189 Å². The molecule has 8 heteroatoms. The maximum Gasteiger partial charge on any atom is 0.265 e. The summed E-state index contributed by atoms with van der Waals surface area (Å²) in [4.78, 5) is 27.7. The van der Waals surface area contributed by atoms with E-state index >= 15 is 0 Å². The zero-order chi connectivity index (χ0) is 21.8. The summed E-state index contributed by atoms with van der Waals surface area (Å²) >= 11 is 8.64. The Bertz CT molecular complexity index is 997. The van der Waals surface area contributed by atoms with Crippen LogP contribution in [0.4, 0.5) is 0 Å². The molecule has 0 bridgehead atoms. The Morgan fingerprint density at radius 3 is 2.20 bits per heavy atom. The lowest BCUT2D eigenvalue weighted by Crippen LogP contribution is -2.52. The third kappa shape index (κ3) is 4.55. The lowest BCUT2D eigenvalue weighted by molar-refractivity contribution is -0.132. The number of rotatable bonds is 6. The van der Waals surface area contributed by atoms with E-state index in [4.69, 9.17) is 21.7 Å². The minimum atomic E-state index is -0.447. The van der Waals surface area contributed by atoms with Gasteiger partial charge in [-0.3, -0.25) is 19.4 Å². The second kappa shape index (κ2) is 9.40. The molecule has 1 aliphatic rings. The van der Waals surface area contributed by atoms with Crippen LogP contribution >= 0.6 is 28.1 Å². The predicted octanol–water partition coefficient (Wildman–Crippen LogP) is 4.03. The van der Waals surface area contributed by atoms with Crippen molar-refractivity contribution in [2.45, 2.75) is 13.5 Å². The fourth-order valence-electron chi connectivity index (χ4n) is 2.91. The molecule has 0 aromatic heterocycles. The first-order chi connectivity index (χ1) is 14.3.